The number of imide groups is 1. The van der Waals surface area contributed by atoms with E-state index < -0.39 is 0 Å². The van der Waals surface area contributed by atoms with E-state index in [1.54, 1.807) is 18.5 Å². The zero-order valence-electron chi connectivity index (χ0n) is 22.3. The minimum Gasteiger partial charge on any atom is -0.308 e. The number of hydrogen-bond donors (Lipinski definition) is 0. The Morgan fingerprint density at radius 3 is 2.10 bits per heavy atom. The highest BCUT2D eigenvalue weighted by Gasteiger charge is 2.39. The Labute approximate surface area is 241 Å². The minimum absolute atomic E-state index is 0.334. The Balaban J connectivity index is 1.36. The summed E-state index contributed by atoms with van der Waals surface area (Å²) in [4.78, 5) is 37.9. The van der Waals surface area contributed by atoms with Crippen LogP contribution in [-0.2, 0) is 0 Å². The maximum Gasteiger partial charge on any atom is 0.268 e. The summed E-state index contributed by atoms with van der Waals surface area (Å²) < 4.78 is 2.10. The summed E-state index contributed by atoms with van der Waals surface area (Å²) >= 11 is 0. The average molecular weight is 543 g/mol. The van der Waals surface area contributed by atoms with E-state index in [-0.39, 0.29) is 11.8 Å². The van der Waals surface area contributed by atoms with Crippen LogP contribution in [0, 0.1) is 0 Å². The quantitative estimate of drug-likeness (QED) is 0.214. The normalized spacial score (nSPS) is 12.8. The van der Waals surface area contributed by atoms with E-state index in [0.29, 0.717) is 22.5 Å². The van der Waals surface area contributed by atoms with Gasteiger partial charge < -0.3 is 4.57 Å². The smallest absolute Gasteiger partial charge is 0.268 e. The van der Waals surface area contributed by atoms with Gasteiger partial charge in [0.1, 0.15) is 6.33 Å². The van der Waals surface area contributed by atoms with Crippen LogP contribution in [0.2, 0.25) is 0 Å². The van der Waals surface area contributed by atoms with Gasteiger partial charge in [0.2, 0.25) is 0 Å². The van der Waals surface area contributed by atoms with Gasteiger partial charge in [-0.1, -0.05) is 84.9 Å². The van der Waals surface area contributed by atoms with Crippen molar-refractivity contribution in [2.24, 2.45) is 0 Å². The molecule has 0 aliphatic carbocycles. The molecule has 3 heterocycles. The Morgan fingerprint density at radius 1 is 0.548 bits per heavy atom. The SMILES string of the molecule is O=C1c2cccc(-n3c4ccccc4c4cccc(-c5cncnc5)c43)c2C(=O)N1c1cccc(-c2ccccc2)c1. The van der Waals surface area contributed by atoms with Gasteiger partial charge in [-0.25, -0.2) is 14.9 Å². The lowest BCUT2D eigenvalue weighted by Gasteiger charge is -2.16. The second kappa shape index (κ2) is 9.35. The van der Waals surface area contributed by atoms with Crippen molar-refractivity contribution < 1.29 is 9.59 Å². The zero-order chi connectivity index (χ0) is 28.2. The molecule has 1 aliphatic rings. The number of rotatable bonds is 4. The Morgan fingerprint density at radius 2 is 1.24 bits per heavy atom. The monoisotopic (exact) mass is 542 g/mol. The third-order valence-corrected chi connectivity index (χ3v) is 7.91. The summed E-state index contributed by atoms with van der Waals surface area (Å²) in [5.41, 5.74) is 7.57. The molecular weight excluding hydrogens is 520 g/mol. The van der Waals surface area contributed by atoms with Gasteiger partial charge in [0, 0.05) is 34.3 Å². The number of carbonyl (C=O) groups excluding carboxylic acids is 2. The van der Waals surface area contributed by atoms with Crippen LogP contribution in [0.3, 0.4) is 0 Å². The van der Waals surface area contributed by atoms with E-state index >= 15 is 0 Å². The van der Waals surface area contributed by atoms with Gasteiger partial charge in [-0.3, -0.25) is 9.59 Å². The van der Waals surface area contributed by atoms with E-state index in [9.17, 15) is 9.59 Å². The third-order valence-electron chi connectivity index (χ3n) is 7.91. The fraction of sp³-hybridized carbons (Fsp3) is 0. The molecule has 0 atom stereocenters. The first-order chi connectivity index (χ1) is 20.7. The Bertz CT molecular complexity index is 2190. The predicted molar refractivity (Wildman–Crippen MR) is 165 cm³/mol. The zero-order valence-corrected chi connectivity index (χ0v) is 22.3. The molecule has 5 aromatic carbocycles. The molecule has 0 spiro atoms. The summed E-state index contributed by atoms with van der Waals surface area (Å²) in [6, 6.07) is 37.2. The molecule has 2 aromatic heterocycles. The Kier molecular flexibility index (Phi) is 5.34. The van der Waals surface area contributed by atoms with Gasteiger partial charge in [-0.05, 0) is 41.5 Å². The highest BCUT2D eigenvalue weighted by atomic mass is 16.2. The summed E-state index contributed by atoms with van der Waals surface area (Å²) in [6.45, 7) is 0. The van der Waals surface area contributed by atoms with Crippen molar-refractivity contribution in [1.82, 2.24) is 14.5 Å². The number of para-hydroxylation sites is 2. The molecule has 42 heavy (non-hydrogen) atoms. The summed E-state index contributed by atoms with van der Waals surface area (Å²) in [5, 5.41) is 2.08. The lowest BCUT2D eigenvalue weighted by atomic mass is 10.0. The van der Waals surface area contributed by atoms with Gasteiger partial charge >= 0.3 is 0 Å². The van der Waals surface area contributed by atoms with Crippen LogP contribution in [-0.4, -0.2) is 26.3 Å². The molecule has 0 fully saturated rings. The summed E-state index contributed by atoms with van der Waals surface area (Å²) in [6.07, 6.45) is 5.08. The first kappa shape index (κ1) is 24.0. The van der Waals surface area contributed by atoms with E-state index in [2.05, 4.69) is 26.7 Å². The fourth-order valence-corrected chi connectivity index (χ4v) is 6.08. The maximum absolute atomic E-state index is 14.3. The molecule has 6 heteroatoms. The molecule has 0 saturated heterocycles. The molecule has 2 amide bonds. The van der Waals surface area contributed by atoms with Crippen LogP contribution in [0.25, 0.3) is 49.7 Å². The molecule has 0 saturated carbocycles. The van der Waals surface area contributed by atoms with Crippen LogP contribution in [0.5, 0.6) is 0 Å². The Hall–Kier alpha value is -5.88. The summed E-state index contributed by atoms with van der Waals surface area (Å²) in [7, 11) is 0. The molecule has 1 aliphatic heterocycles. The predicted octanol–water partition coefficient (Wildman–Crippen LogP) is 7.71. The molecule has 6 nitrogen and oxygen atoms in total. The number of fused-ring (bicyclic) bond motifs is 4. The number of nitrogens with zero attached hydrogens (tertiary/aromatic N) is 4. The first-order valence-corrected chi connectivity index (χ1v) is 13.7. The molecule has 0 radical (unpaired) electrons. The van der Waals surface area contributed by atoms with E-state index in [1.807, 2.05) is 97.1 Å². The molecule has 7 aromatic rings. The van der Waals surface area contributed by atoms with Crippen molar-refractivity contribution >= 4 is 39.3 Å². The third kappa shape index (κ3) is 3.52. The van der Waals surface area contributed by atoms with Crippen molar-refractivity contribution in [3.63, 3.8) is 0 Å². The van der Waals surface area contributed by atoms with Crippen molar-refractivity contribution in [3.8, 4) is 27.9 Å². The molecule has 0 unspecified atom stereocenters. The van der Waals surface area contributed by atoms with Crippen molar-refractivity contribution in [3.05, 3.63) is 145 Å². The van der Waals surface area contributed by atoms with Crippen LogP contribution >= 0.6 is 0 Å². The number of aromatic nitrogens is 3. The standard InChI is InChI=1S/C36H22N4O2/c41-35-30-16-8-18-32(33(30)36(42)39(35)26-12-6-11-24(19-26)23-9-2-1-3-10-23)40-31-17-5-4-13-28(31)29-15-7-14-27(34(29)40)25-20-37-22-38-21-25/h1-22H. The second-order valence-electron chi connectivity index (χ2n) is 10.2. The second-order valence-corrected chi connectivity index (χ2v) is 10.2. The lowest BCUT2D eigenvalue weighted by molar-refractivity contribution is 0.0926. The van der Waals surface area contributed by atoms with Crippen LogP contribution in [0.15, 0.2) is 134 Å². The number of anilines is 1. The number of carbonyl (C=O) groups is 2. The summed E-state index contributed by atoms with van der Waals surface area (Å²) in [5.74, 6) is -0.679. The number of amides is 2. The highest BCUT2D eigenvalue weighted by Crippen LogP contribution is 2.41. The average Bonchev–Trinajstić information content (AvgIpc) is 3.53. The van der Waals surface area contributed by atoms with E-state index in [1.165, 1.54) is 11.2 Å². The first-order valence-electron chi connectivity index (χ1n) is 13.7. The largest absolute Gasteiger partial charge is 0.308 e. The molecular formula is C36H22N4O2. The van der Waals surface area contributed by atoms with Crippen LogP contribution < -0.4 is 4.90 Å². The van der Waals surface area contributed by atoms with Gasteiger partial charge in [0.05, 0.1) is 33.5 Å². The van der Waals surface area contributed by atoms with Crippen molar-refractivity contribution in [2.45, 2.75) is 0 Å². The minimum atomic E-state index is -0.345. The maximum atomic E-state index is 14.3. The fourth-order valence-electron chi connectivity index (χ4n) is 6.08. The van der Waals surface area contributed by atoms with Crippen LogP contribution in [0.1, 0.15) is 20.7 Å². The van der Waals surface area contributed by atoms with E-state index in [4.69, 9.17) is 0 Å². The van der Waals surface area contributed by atoms with Gasteiger partial charge in [0.25, 0.3) is 11.8 Å². The number of benzene rings is 5. The van der Waals surface area contributed by atoms with Crippen molar-refractivity contribution in [2.75, 3.05) is 4.90 Å². The van der Waals surface area contributed by atoms with E-state index in [0.717, 1.165) is 44.1 Å². The van der Waals surface area contributed by atoms with Crippen molar-refractivity contribution in [1.29, 1.82) is 0 Å². The van der Waals surface area contributed by atoms with Gasteiger partial charge in [-0.2, -0.15) is 0 Å². The highest BCUT2D eigenvalue weighted by molar-refractivity contribution is 6.36. The lowest BCUT2D eigenvalue weighted by Crippen LogP contribution is -2.29. The topological polar surface area (TPSA) is 68.1 Å². The van der Waals surface area contributed by atoms with Gasteiger partial charge in [-0.15, -0.1) is 0 Å². The number of hydrogen-bond acceptors (Lipinski definition) is 4. The molecule has 0 N–H and O–H groups in total. The molecule has 0 bridgehead atoms. The van der Waals surface area contributed by atoms with Gasteiger partial charge in [0.15, 0.2) is 0 Å². The molecule has 8 rings (SSSR count). The van der Waals surface area contributed by atoms with Crippen LogP contribution in [0.4, 0.5) is 5.69 Å². The molecule has 198 valence electrons.